The van der Waals surface area contributed by atoms with Crippen molar-refractivity contribution in [2.24, 2.45) is 0 Å². The molecule has 0 aliphatic rings. The van der Waals surface area contributed by atoms with E-state index in [1.54, 1.807) is 24.3 Å². The maximum absolute atomic E-state index is 12.2. The Labute approximate surface area is 213 Å². The summed E-state index contributed by atoms with van der Waals surface area (Å²) >= 11 is 0. The second-order valence-electron chi connectivity index (χ2n) is 9.27. The summed E-state index contributed by atoms with van der Waals surface area (Å²) in [6.07, 6.45) is 18.5. The van der Waals surface area contributed by atoms with E-state index in [1.807, 2.05) is 30.3 Å². The Morgan fingerprint density at radius 1 is 0.543 bits per heavy atom. The second-order valence-corrected chi connectivity index (χ2v) is 9.27. The van der Waals surface area contributed by atoms with Crippen LogP contribution in [0.3, 0.4) is 0 Å². The summed E-state index contributed by atoms with van der Waals surface area (Å²) in [5.41, 5.74) is 0.559. The zero-order chi connectivity index (χ0) is 24.8. The monoisotopic (exact) mass is 482 g/mol. The SMILES string of the molecule is CCCCCCCCCCCCCCCCOC(=O)c1ccc(OCCOc2ccccc2)cc1. The van der Waals surface area contributed by atoms with Gasteiger partial charge in [0.25, 0.3) is 0 Å². The first-order chi connectivity index (χ1) is 17.3. The van der Waals surface area contributed by atoms with Gasteiger partial charge in [0.2, 0.25) is 0 Å². The molecule has 0 amide bonds. The third kappa shape index (κ3) is 14.5. The number of ether oxygens (including phenoxy) is 3. The normalized spacial score (nSPS) is 10.8. The van der Waals surface area contributed by atoms with Crippen LogP contribution in [-0.4, -0.2) is 25.8 Å². The standard InChI is InChI=1S/C31H46O4/c1-2-3-4-5-6-7-8-9-10-11-12-13-14-18-25-35-31(32)28-21-23-30(24-22-28)34-27-26-33-29-19-16-15-17-20-29/h15-17,19-24H,2-14,18,25-27H2,1H3. The Bertz CT molecular complexity index is 757. The molecule has 35 heavy (non-hydrogen) atoms. The number of para-hydroxylation sites is 1. The van der Waals surface area contributed by atoms with Crippen LogP contribution in [0.2, 0.25) is 0 Å². The summed E-state index contributed by atoms with van der Waals surface area (Å²) in [6, 6.07) is 16.8. The van der Waals surface area contributed by atoms with Gasteiger partial charge in [0.05, 0.1) is 12.2 Å². The maximum atomic E-state index is 12.2. The molecule has 2 rings (SSSR count). The van der Waals surface area contributed by atoms with Crippen molar-refractivity contribution in [2.75, 3.05) is 19.8 Å². The van der Waals surface area contributed by atoms with E-state index in [9.17, 15) is 4.79 Å². The van der Waals surface area contributed by atoms with Gasteiger partial charge in [-0.15, -0.1) is 0 Å². The minimum Gasteiger partial charge on any atom is -0.490 e. The van der Waals surface area contributed by atoms with Crippen LogP contribution in [0.15, 0.2) is 54.6 Å². The Kier molecular flexibility index (Phi) is 16.2. The first kappa shape index (κ1) is 28.7. The number of unbranched alkanes of at least 4 members (excludes halogenated alkanes) is 13. The highest BCUT2D eigenvalue weighted by Gasteiger charge is 2.07. The molecule has 4 heteroatoms. The Morgan fingerprint density at radius 3 is 1.51 bits per heavy atom. The van der Waals surface area contributed by atoms with Crippen molar-refractivity contribution in [2.45, 2.75) is 96.8 Å². The maximum Gasteiger partial charge on any atom is 0.338 e. The lowest BCUT2D eigenvalue weighted by atomic mass is 10.0. The summed E-state index contributed by atoms with van der Waals surface area (Å²) < 4.78 is 16.7. The van der Waals surface area contributed by atoms with Crippen LogP contribution < -0.4 is 9.47 Å². The largest absolute Gasteiger partial charge is 0.490 e. The predicted molar refractivity (Wildman–Crippen MR) is 144 cm³/mol. The molecule has 0 unspecified atom stereocenters. The molecule has 4 nitrogen and oxygen atoms in total. The summed E-state index contributed by atoms with van der Waals surface area (Å²) in [7, 11) is 0. The van der Waals surface area contributed by atoms with Crippen LogP contribution >= 0.6 is 0 Å². The van der Waals surface area contributed by atoms with E-state index < -0.39 is 0 Å². The van der Waals surface area contributed by atoms with Gasteiger partial charge in [-0.3, -0.25) is 0 Å². The average Bonchev–Trinajstić information content (AvgIpc) is 2.89. The molecule has 0 aliphatic carbocycles. The Hall–Kier alpha value is -2.49. The van der Waals surface area contributed by atoms with Crippen molar-refractivity contribution >= 4 is 5.97 Å². The molecule has 2 aromatic rings. The molecular formula is C31H46O4. The highest BCUT2D eigenvalue weighted by atomic mass is 16.5. The molecule has 0 aromatic heterocycles. The number of benzene rings is 2. The number of hydrogen-bond donors (Lipinski definition) is 0. The molecular weight excluding hydrogens is 436 g/mol. The minimum absolute atomic E-state index is 0.265. The van der Waals surface area contributed by atoms with E-state index >= 15 is 0 Å². The number of hydrogen-bond acceptors (Lipinski definition) is 4. The van der Waals surface area contributed by atoms with Gasteiger partial charge in [-0.25, -0.2) is 4.79 Å². The Balaban J connectivity index is 1.41. The molecule has 0 fully saturated rings. The second kappa shape index (κ2) is 19.8. The predicted octanol–water partition coefficient (Wildman–Crippen LogP) is 8.78. The summed E-state index contributed by atoms with van der Waals surface area (Å²) in [6.45, 7) is 3.67. The van der Waals surface area contributed by atoms with Gasteiger partial charge in [0.1, 0.15) is 24.7 Å². The lowest BCUT2D eigenvalue weighted by molar-refractivity contribution is 0.0497. The molecule has 0 bridgehead atoms. The molecule has 2 aromatic carbocycles. The van der Waals surface area contributed by atoms with Gasteiger partial charge in [-0.05, 0) is 42.8 Å². The fourth-order valence-electron chi connectivity index (χ4n) is 4.07. The number of carbonyl (C=O) groups is 1. The molecule has 0 saturated heterocycles. The zero-order valence-corrected chi connectivity index (χ0v) is 21.8. The lowest BCUT2D eigenvalue weighted by Gasteiger charge is -2.09. The van der Waals surface area contributed by atoms with Crippen molar-refractivity contribution < 1.29 is 19.0 Å². The van der Waals surface area contributed by atoms with Crippen LogP contribution in [0.25, 0.3) is 0 Å². The quantitative estimate of drug-likeness (QED) is 0.132. The molecule has 194 valence electrons. The van der Waals surface area contributed by atoms with Gasteiger partial charge in [0, 0.05) is 0 Å². The molecule has 0 radical (unpaired) electrons. The summed E-state index contributed by atoms with van der Waals surface area (Å²) in [5, 5.41) is 0. The van der Waals surface area contributed by atoms with Crippen molar-refractivity contribution in [3.63, 3.8) is 0 Å². The van der Waals surface area contributed by atoms with E-state index in [-0.39, 0.29) is 5.97 Å². The van der Waals surface area contributed by atoms with Crippen molar-refractivity contribution in [1.29, 1.82) is 0 Å². The zero-order valence-electron chi connectivity index (χ0n) is 21.8. The molecule has 0 N–H and O–H groups in total. The van der Waals surface area contributed by atoms with Crippen molar-refractivity contribution in [1.82, 2.24) is 0 Å². The van der Waals surface area contributed by atoms with Crippen LogP contribution in [0.1, 0.15) is 107 Å². The van der Waals surface area contributed by atoms with Gasteiger partial charge >= 0.3 is 5.97 Å². The lowest BCUT2D eigenvalue weighted by Crippen LogP contribution is -2.09. The van der Waals surface area contributed by atoms with Crippen molar-refractivity contribution in [3.05, 3.63) is 60.2 Å². The van der Waals surface area contributed by atoms with Crippen LogP contribution in [0, 0.1) is 0 Å². The van der Waals surface area contributed by atoms with Crippen LogP contribution in [0.5, 0.6) is 11.5 Å². The topological polar surface area (TPSA) is 44.8 Å². The van der Waals surface area contributed by atoms with E-state index in [4.69, 9.17) is 14.2 Å². The number of rotatable bonds is 21. The van der Waals surface area contributed by atoms with Crippen molar-refractivity contribution in [3.8, 4) is 11.5 Å². The third-order valence-corrected chi connectivity index (χ3v) is 6.19. The fraction of sp³-hybridized carbons (Fsp3) is 0.581. The fourth-order valence-corrected chi connectivity index (χ4v) is 4.07. The molecule has 0 heterocycles. The van der Waals surface area contributed by atoms with Gasteiger partial charge in [-0.2, -0.15) is 0 Å². The first-order valence-corrected chi connectivity index (χ1v) is 13.9. The molecule has 0 saturated carbocycles. The average molecular weight is 483 g/mol. The van der Waals surface area contributed by atoms with Gasteiger partial charge in [-0.1, -0.05) is 109 Å². The smallest absolute Gasteiger partial charge is 0.338 e. The van der Waals surface area contributed by atoms with E-state index in [0.29, 0.717) is 31.1 Å². The van der Waals surface area contributed by atoms with E-state index in [0.717, 1.165) is 18.6 Å². The summed E-state index contributed by atoms with van der Waals surface area (Å²) in [4.78, 5) is 12.2. The van der Waals surface area contributed by atoms with Gasteiger partial charge < -0.3 is 14.2 Å². The highest BCUT2D eigenvalue weighted by Crippen LogP contribution is 2.15. The number of carbonyl (C=O) groups excluding carboxylic acids is 1. The van der Waals surface area contributed by atoms with E-state index in [2.05, 4.69) is 6.92 Å². The first-order valence-electron chi connectivity index (χ1n) is 13.9. The number of esters is 1. The van der Waals surface area contributed by atoms with E-state index in [1.165, 1.54) is 77.0 Å². The minimum atomic E-state index is -0.265. The molecule has 0 aliphatic heterocycles. The van der Waals surface area contributed by atoms with Crippen LogP contribution in [-0.2, 0) is 4.74 Å². The molecule has 0 atom stereocenters. The Morgan fingerprint density at radius 2 is 1.00 bits per heavy atom. The third-order valence-electron chi connectivity index (χ3n) is 6.19. The molecule has 0 spiro atoms. The highest BCUT2D eigenvalue weighted by molar-refractivity contribution is 5.89. The summed E-state index contributed by atoms with van der Waals surface area (Å²) in [5.74, 6) is 1.27. The van der Waals surface area contributed by atoms with Crippen LogP contribution in [0.4, 0.5) is 0 Å². The van der Waals surface area contributed by atoms with Gasteiger partial charge in [0.15, 0.2) is 0 Å².